The lowest BCUT2D eigenvalue weighted by Gasteiger charge is -2.62. The van der Waals surface area contributed by atoms with Crippen LogP contribution in [0, 0.1) is 29.1 Å². The predicted molar refractivity (Wildman–Crippen MR) is 55.4 cm³/mol. The third-order valence-corrected chi connectivity index (χ3v) is 5.67. The Kier molecular flexibility index (Phi) is 1.61. The predicted octanol–water partition coefficient (Wildman–Crippen LogP) is 3.86. The lowest BCUT2D eigenvalue weighted by molar-refractivity contribution is -0.130. The summed E-state index contributed by atoms with van der Waals surface area (Å²) in [4.78, 5) is 0. The fraction of sp³-hybridized carbons (Fsp3) is 1.00. The van der Waals surface area contributed by atoms with Gasteiger partial charge in [-0.15, -0.1) is 0 Å². The van der Waals surface area contributed by atoms with Crippen molar-refractivity contribution >= 4 is 0 Å². The summed E-state index contributed by atoms with van der Waals surface area (Å²) in [5, 5.41) is 0. The second-order valence-corrected chi connectivity index (χ2v) is 6.29. The van der Waals surface area contributed by atoms with Crippen molar-refractivity contribution in [3.63, 3.8) is 0 Å². The highest BCUT2D eigenvalue weighted by Crippen LogP contribution is 2.64. The highest BCUT2D eigenvalue weighted by Gasteiger charge is 2.55. The Morgan fingerprint density at radius 2 is 1.77 bits per heavy atom. The molecule has 4 aliphatic carbocycles. The first kappa shape index (κ1) is 8.32. The molecule has 0 aromatic carbocycles. The molecule has 0 nitrogen and oxygen atoms in total. The first-order valence-corrected chi connectivity index (χ1v) is 6.19. The van der Waals surface area contributed by atoms with E-state index in [9.17, 15) is 0 Å². The first-order chi connectivity index (χ1) is 6.19. The maximum atomic E-state index is 2.52. The van der Waals surface area contributed by atoms with Crippen molar-refractivity contribution < 1.29 is 0 Å². The van der Waals surface area contributed by atoms with Crippen molar-refractivity contribution in [1.29, 1.82) is 0 Å². The molecule has 2 bridgehead atoms. The maximum absolute atomic E-state index is 2.52. The summed E-state index contributed by atoms with van der Waals surface area (Å²) >= 11 is 0. The minimum absolute atomic E-state index is 0.721. The third-order valence-electron chi connectivity index (χ3n) is 5.67. The van der Waals surface area contributed by atoms with Crippen LogP contribution in [0.1, 0.15) is 52.4 Å². The Morgan fingerprint density at radius 1 is 1.00 bits per heavy atom. The van der Waals surface area contributed by atoms with E-state index in [0.717, 1.165) is 29.1 Å². The summed E-state index contributed by atoms with van der Waals surface area (Å²) in [6.07, 6.45) is 9.34. The minimum atomic E-state index is 0.721. The summed E-state index contributed by atoms with van der Waals surface area (Å²) < 4.78 is 0. The van der Waals surface area contributed by atoms with Gasteiger partial charge in [0.2, 0.25) is 0 Å². The average Bonchev–Trinajstić information content (AvgIpc) is 2.01. The number of hydrogen-bond acceptors (Lipinski definition) is 0. The van der Waals surface area contributed by atoms with E-state index in [0.29, 0.717) is 0 Å². The van der Waals surface area contributed by atoms with E-state index in [-0.39, 0.29) is 0 Å². The molecule has 0 amide bonds. The third kappa shape index (κ3) is 0.980. The van der Waals surface area contributed by atoms with Gasteiger partial charge in [-0.25, -0.2) is 0 Å². The van der Waals surface area contributed by atoms with Crippen LogP contribution in [0.2, 0.25) is 0 Å². The van der Waals surface area contributed by atoms with Gasteiger partial charge in [-0.3, -0.25) is 0 Å². The Hall–Kier alpha value is 0. The van der Waals surface area contributed by atoms with E-state index in [1.165, 1.54) is 6.42 Å². The Morgan fingerprint density at radius 3 is 2.23 bits per heavy atom. The fourth-order valence-electron chi connectivity index (χ4n) is 4.30. The number of hydrogen-bond donors (Lipinski definition) is 0. The zero-order valence-corrected chi connectivity index (χ0v) is 9.05. The van der Waals surface area contributed by atoms with Crippen LogP contribution < -0.4 is 0 Å². The highest BCUT2D eigenvalue weighted by atomic mass is 14.6. The fourth-order valence-corrected chi connectivity index (χ4v) is 4.30. The van der Waals surface area contributed by atoms with Gasteiger partial charge in [-0.05, 0) is 48.3 Å². The second-order valence-electron chi connectivity index (χ2n) is 6.29. The van der Waals surface area contributed by atoms with Crippen LogP contribution in [-0.2, 0) is 0 Å². The average molecular weight is 178 g/mol. The van der Waals surface area contributed by atoms with Crippen molar-refractivity contribution in [1.82, 2.24) is 0 Å². The molecule has 13 heavy (non-hydrogen) atoms. The van der Waals surface area contributed by atoms with Gasteiger partial charge in [0.25, 0.3) is 0 Å². The van der Waals surface area contributed by atoms with Crippen LogP contribution in [0.5, 0.6) is 0 Å². The minimum Gasteiger partial charge on any atom is -0.0594 e. The second kappa shape index (κ2) is 2.52. The molecule has 3 atom stereocenters. The maximum Gasteiger partial charge on any atom is -0.0295 e. The summed E-state index contributed by atoms with van der Waals surface area (Å²) in [6.45, 7) is 5.05. The normalized spacial score (nSPS) is 48.0. The largest absolute Gasteiger partial charge is 0.0594 e. The van der Waals surface area contributed by atoms with Crippen LogP contribution in [0.25, 0.3) is 0 Å². The van der Waals surface area contributed by atoms with Crippen molar-refractivity contribution in [3.05, 3.63) is 0 Å². The monoisotopic (exact) mass is 178 g/mol. The molecule has 0 heterocycles. The molecule has 0 spiro atoms. The molecule has 4 rings (SSSR count). The molecular weight excluding hydrogens is 156 g/mol. The van der Waals surface area contributed by atoms with E-state index in [1.54, 1.807) is 32.1 Å². The van der Waals surface area contributed by atoms with Gasteiger partial charge in [0.05, 0.1) is 0 Å². The van der Waals surface area contributed by atoms with E-state index in [4.69, 9.17) is 0 Å². The summed E-state index contributed by atoms with van der Waals surface area (Å²) in [6, 6.07) is 0. The SMILES string of the molecule is CC1(C)C2CCC(C3CCC3)C1C2. The van der Waals surface area contributed by atoms with E-state index < -0.39 is 0 Å². The highest BCUT2D eigenvalue weighted by molar-refractivity contribution is 5.05. The molecule has 3 unspecified atom stereocenters. The molecule has 0 radical (unpaired) electrons. The van der Waals surface area contributed by atoms with Gasteiger partial charge in [0, 0.05) is 0 Å². The topological polar surface area (TPSA) is 0 Å². The molecular formula is C13H22. The van der Waals surface area contributed by atoms with Gasteiger partial charge >= 0.3 is 0 Å². The van der Waals surface area contributed by atoms with E-state index in [2.05, 4.69) is 13.8 Å². The Labute approximate surface area is 82.1 Å². The van der Waals surface area contributed by atoms with E-state index >= 15 is 0 Å². The van der Waals surface area contributed by atoms with Gasteiger partial charge in [0.15, 0.2) is 0 Å². The quantitative estimate of drug-likeness (QED) is 0.572. The van der Waals surface area contributed by atoms with Crippen LogP contribution >= 0.6 is 0 Å². The molecule has 0 aliphatic heterocycles. The molecule has 4 aliphatic rings. The smallest absolute Gasteiger partial charge is 0.0295 e. The van der Waals surface area contributed by atoms with Crippen LogP contribution in [0.3, 0.4) is 0 Å². The molecule has 0 heteroatoms. The van der Waals surface area contributed by atoms with Crippen molar-refractivity contribution in [2.24, 2.45) is 29.1 Å². The van der Waals surface area contributed by atoms with Crippen LogP contribution in [0.4, 0.5) is 0 Å². The molecule has 4 fully saturated rings. The summed E-state index contributed by atoms with van der Waals surface area (Å²) in [5.41, 5.74) is 0.721. The molecule has 4 saturated carbocycles. The molecule has 0 saturated heterocycles. The van der Waals surface area contributed by atoms with E-state index in [1.807, 2.05) is 0 Å². The molecule has 0 aromatic rings. The molecule has 74 valence electrons. The van der Waals surface area contributed by atoms with Crippen molar-refractivity contribution in [3.8, 4) is 0 Å². The van der Waals surface area contributed by atoms with Gasteiger partial charge in [-0.2, -0.15) is 0 Å². The zero-order valence-electron chi connectivity index (χ0n) is 9.05. The zero-order chi connectivity index (χ0) is 9.05. The van der Waals surface area contributed by atoms with Gasteiger partial charge in [-0.1, -0.05) is 33.1 Å². The first-order valence-electron chi connectivity index (χ1n) is 6.19. The van der Waals surface area contributed by atoms with Crippen LogP contribution in [-0.4, -0.2) is 0 Å². The molecule has 0 aromatic heterocycles. The Bertz CT molecular complexity index is 210. The standard InChI is InChI=1S/C13H22/c1-13(2)10-6-7-11(12(13)8-10)9-4-3-5-9/h9-12H,3-8H2,1-2H3. The van der Waals surface area contributed by atoms with Crippen LogP contribution in [0.15, 0.2) is 0 Å². The number of fused-ring (bicyclic) bond motifs is 2. The van der Waals surface area contributed by atoms with Gasteiger partial charge < -0.3 is 0 Å². The number of rotatable bonds is 1. The Balaban J connectivity index is 1.75. The van der Waals surface area contributed by atoms with Crippen molar-refractivity contribution in [2.45, 2.75) is 52.4 Å². The van der Waals surface area contributed by atoms with Gasteiger partial charge in [0.1, 0.15) is 0 Å². The summed E-state index contributed by atoms with van der Waals surface area (Å²) in [7, 11) is 0. The lowest BCUT2D eigenvalue weighted by atomic mass is 9.43. The van der Waals surface area contributed by atoms with Crippen molar-refractivity contribution in [2.75, 3.05) is 0 Å². The lowest BCUT2D eigenvalue weighted by Crippen LogP contribution is -2.54. The summed E-state index contributed by atoms with van der Waals surface area (Å²) in [5.74, 6) is 4.48. The molecule has 0 N–H and O–H groups in total.